The lowest BCUT2D eigenvalue weighted by Crippen LogP contribution is -2.31. The van der Waals surface area contributed by atoms with Crippen molar-refractivity contribution in [1.29, 1.82) is 0 Å². The Bertz CT molecular complexity index is 166. The highest BCUT2D eigenvalue weighted by Gasteiger charge is 2.30. The molecule has 0 bridgehead atoms. The first-order valence-corrected chi connectivity index (χ1v) is 5.84. The number of hydrogen-bond donors (Lipinski definition) is 1. The molecule has 0 saturated heterocycles. The van der Waals surface area contributed by atoms with Crippen molar-refractivity contribution >= 4 is 0 Å². The summed E-state index contributed by atoms with van der Waals surface area (Å²) in [5.74, 6) is 0. The van der Waals surface area contributed by atoms with Gasteiger partial charge in [-0.25, -0.2) is 0 Å². The molecule has 2 nitrogen and oxygen atoms in total. The van der Waals surface area contributed by atoms with Crippen LogP contribution in [0.2, 0.25) is 0 Å². The standard InChI is InChI=1S/C12H25NO/c1-10(2)14-8-7-13-11-5-6-12(3,4)9-11/h10-11,13H,5-9H2,1-4H3. The van der Waals surface area contributed by atoms with Gasteiger partial charge in [-0.05, 0) is 38.5 Å². The topological polar surface area (TPSA) is 21.3 Å². The molecule has 1 aliphatic rings. The smallest absolute Gasteiger partial charge is 0.0594 e. The Labute approximate surface area is 88.4 Å². The van der Waals surface area contributed by atoms with Crippen molar-refractivity contribution in [1.82, 2.24) is 5.32 Å². The van der Waals surface area contributed by atoms with E-state index >= 15 is 0 Å². The maximum atomic E-state index is 5.49. The van der Waals surface area contributed by atoms with Crippen LogP contribution >= 0.6 is 0 Å². The fraction of sp³-hybridized carbons (Fsp3) is 1.00. The van der Waals surface area contributed by atoms with Gasteiger partial charge in [-0.15, -0.1) is 0 Å². The van der Waals surface area contributed by atoms with Crippen molar-refractivity contribution in [3.8, 4) is 0 Å². The molecular weight excluding hydrogens is 174 g/mol. The van der Waals surface area contributed by atoms with Gasteiger partial charge in [0.1, 0.15) is 0 Å². The van der Waals surface area contributed by atoms with Crippen LogP contribution in [0.3, 0.4) is 0 Å². The third-order valence-corrected chi connectivity index (χ3v) is 2.95. The van der Waals surface area contributed by atoms with Gasteiger partial charge in [0.15, 0.2) is 0 Å². The van der Waals surface area contributed by atoms with Gasteiger partial charge >= 0.3 is 0 Å². The van der Waals surface area contributed by atoms with Crippen molar-refractivity contribution in [2.24, 2.45) is 5.41 Å². The SMILES string of the molecule is CC(C)OCCNC1CCC(C)(C)C1. The fourth-order valence-electron chi connectivity index (χ4n) is 2.17. The first-order chi connectivity index (χ1) is 6.49. The minimum atomic E-state index is 0.358. The van der Waals surface area contributed by atoms with Gasteiger partial charge in [0.05, 0.1) is 12.7 Å². The minimum Gasteiger partial charge on any atom is -0.377 e. The van der Waals surface area contributed by atoms with Crippen molar-refractivity contribution < 1.29 is 4.74 Å². The van der Waals surface area contributed by atoms with E-state index in [1.54, 1.807) is 0 Å². The Balaban J connectivity index is 2.03. The quantitative estimate of drug-likeness (QED) is 0.687. The summed E-state index contributed by atoms with van der Waals surface area (Å²) in [6.07, 6.45) is 4.36. The van der Waals surface area contributed by atoms with Crippen LogP contribution in [0.4, 0.5) is 0 Å². The second-order valence-electron chi connectivity index (χ2n) is 5.48. The third-order valence-electron chi connectivity index (χ3n) is 2.95. The Morgan fingerprint density at radius 2 is 2.14 bits per heavy atom. The van der Waals surface area contributed by atoms with Gasteiger partial charge in [-0.1, -0.05) is 13.8 Å². The molecule has 0 aromatic heterocycles. The Hall–Kier alpha value is -0.0800. The highest BCUT2D eigenvalue weighted by molar-refractivity contribution is 4.86. The molecule has 0 amide bonds. The summed E-state index contributed by atoms with van der Waals surface area (Å²) in [6.45, 7) is 10.7. The highest BCUT2D eigenvalue weighted by atomic mass is 16.5. The Morgan fingerprint density at radius 1 is 1.43 bits per heavy atom. The first-order valence-electron chi connectivity index (χ1n) is 5.84. The molecule has 0 radical (unpaired) electrons. The van der Waals surface area contributed by atoms with Crippen LogP contribution in [0, 0.1) is 5.41 Å². The molecule has 0 aliphatic heterocycles. The lowest BCUT2D eigenvalue weighted by Gasteiger charge is -2.18. The molecule has 0 aromatic rings. The molecule has 1 rings (SSSR count). The van der Waals surface area contributed by atoms with E-state index in [1.807, 2.05) is 0 Å². The van der Waals surface area contributed by atoms with Crippen molar-refractivity contribution in [2.75, 3.05) is 13.2 Å². The summed E-state index contributed by atoms with van der Waals surface area (Å²) in [6, 6.07) is 0.723. The van der Waals surface area contributed by atoms with Crippen LogP contribution in [0.5, 0.6) is 0 Å². The van der Waals surface area contributed by atoms with E-state index in [0.29, 0.717) is 11.5 Å². The molecule has 1 fully saturated rings. The van der Waals surface area contributed by atoms with Crippen molar-refractivity contribution in [2.45, 2.75) is 59.1 Å². The van der Waals surface area contributed by atoms with E-state index in [4.69, 9.17) is 4.74 Å². The molecule has 84 valence electrons. The van der Waals surface area contributed by atoms with Crippen LogP contribution in [-0.4, -0.2) is 25.3 Å². The summed E-state index contributed by atoms with van der Waals surface area (Å²) >= 11 is 0. The van der Waals surface area contributed by atoms with E-state index in [9.17, 15) is 0 Å². The summed E-state index contributed by atoms with van der Waals surface area (Å²) in [5, 5.41) is 3.57. The molecule has 1 N–H and O–H groups in total. The normalized spacial score (nSPS) is 25.9. The van der Waals surface area contributed by atoms with E-state index in [0.717, 1.165) is 19.2 Å². The predicted molar refractivity (Wildman–Crippen MR) is 60.5 cm³/mol. The number of rotatable bonds is 5. The van der Waals surface area contributed by atoms with Gasteiger partial charge in [-0.2, -0.15) is 0 Å². The lowest BCUT2D eigenvalue weighted by atomic mass is 9.92. The second-order valence-corrected chi connectivity index (χ2v) is 5.48. The molecular formula is C12H25NO. The van der Waals surface area contributed by atoms with Crippen LogP contribution in [0.25, 0.3) is 0 Å². The molecule has 0 spiro atoms. The Morgan fingerprint density at radius 3 is 2.64 bits per heavy atom. The molecule has 1 aliphatic carbocycles. The zero-order chi connectivity index (χ0) is 10.6. The molecule has 2 heteroatoms. The largest absolute Gasteiger partial charge is 0.377 e. The van der Waals surface area contributed by atoms with Crippen molar-refractivity contribution in [3.63, 3.8) is 0 Å². The number of nitrogens with one attached hydrogen (secondary N) is 1. The maximum Gasteiger partial charge on any atom is 0.0594 e. The van der Waals surface area contributed by atoms with Crippen molar-refractivity contribution in [3.05, 3.63) is 0 Å². The molecule has 0 heterocycles. The highest BCUT2D eigenvalue weighted by Crippen LogP contribution is 2.36. The molecule has 1 unspecified atom stereocenters. The lowest BCUT2D eigenvalue weighted by molar-refractivity contribution is 0.0792. The summed E-state index contributed by atoms with van der Waals surface area (Å²) in [5.41, 5.74) is 0.552. The average molecular weight is 199 g/mol. The summed E-state index contributed by atoms with van der Waals surface area (Å²) in [7, 11) is 0. The van der Waals surface area contributed by atoms with Crippen LogP contribution in [-0.2, 0) is 4.74 Å². The monoisotopic (exact) mass is 199 g/mol. The minimum absolute atomic E-state index is 0.358. The first kappa shape index (κ1) is 12.0. The van der Waals surface area contributed by atoms with E-state index in [-0.39, 0.29) is 0 Å². The van der Waals surface area contributed by atoms with E-state index in [1.165, 1.54) is 19.3 Å². The van der Waals surface area contributed by atoms with Gasteiger partial charge in [-0.3, -0.25) is 0 Å². The average Bonchev–Trinajstić information content (AvgIpc) is 2.39. The maximum absolute atomic E-state index is 5.49. The van der Waals surface area contributed by atoms with Crippen LogP contribution < -0.4 is 5.32 Å². The third kappa shape index (κ3) is 4.43. The van der Waals surface area contributed by atoms with E-state index < -0.39 is 0 Å². The second kappa shape index (κ2) is 5.13. The zero-order valence-electron chi connectivity index (χ0n) is 10.1. The van der Waals surface area contributed by atoms with Gasteiger partial charge in [0.2, 0.25) is 0 Å². The molecule has 1 saturated carbocycles. The summed E-state index contributed by atoms with van der Waals surface area (Å²) < 4.78 is 5.49. The fourth-order valence-corrected chi connectivity index (χ4v) is 2.17. The van der Waals surface area contributed by atoms with Gasteiger partial charge in [0, 0.05) is 12.6 Å². The van der Waals surface area contributed by atoms with E-state index in [2.05, 4.69) is 33.0 Å². The van der Waals surface area contributed by atoms with Gasteiger partial charge < -0.3 is 10.1 Å². The predicted octanol–water partition coefficient (Wildman–Crippen LogP) is 2.58. The molecule has 1 atom stereocenters. The Kier molecular flexibility index (Phi) is 4.39. The molecule has 14 heavy (non-hydrogen) atoms. The summed E-state index contributed by atoms with van der Waals surface area (Å²) in [4.78, 5) is 0. The number of ether oxygens (including phenoxy) is 1. The number of hydrogen-bond acceptors (Lipinski definition) is 2. The molecule has 0 aromatic carbocycles. The van der Waals surface area contributed by atoms with Crippen LogP contribution in [0.1, 0.15) is 47.0 Å². The zero-order valence-corrected chi connectivity index (χ0v) is 10.1. The van der Waals surface area contributed by atoms with Gasteiger partial charge in [0.25, 0.3) is 0 Å². The van der Waals surface area contributed by atoms with Crippen LogP contribution in [0.15, 0.2) is 0 Å².